The molecule has 3 aliphatic rings. The molecular weight excluding hydrogens is 1100 g/mol. The number of unbranched alkanes of at least 4 members (excludes halogenated alkanes) is 1. The fourth-order valence-corrected chi connectivity index (χ4v) is 14.8. The molecule has 91 heavy (non-hydrogen) atoms. The van der Waals surface area contributed by atoms with Crippen LogP contribution in [0.15, 0.2) is 280 Å². The van der Waals surface area contributed by atoms with Crippen LogP contribution in [0.25, 0.3) is 74.3 Å². The molecule has 0 N–H and O–H groups in total. The molecule has 0 radical (unpaired) electrons. The summed E-state index contributed by atoms with van der Waals surface area (Å²) in [6.45, 7) is 17.8. The molecule has 0 spiro atoms. The molecule has 3 heteroatoms. The summed E-state index contributed by atoms with van der Waals surface area (Å²) in [7, 11) is 0. The zero-order valence-corrected chi connectivity index (χ0v) is 53.0. The molecule has 3 aliphatic carbocycles. The maximum Gasteiger partial charge on any atom is 0.119 e. The lowest BCUT2D eigenvalue weighted by Gasteiger charge is -2.39. The van der Waals surface area contributed by atoms with E-state index in [2.05, 4.69) is 329 Å². The van der Waals surface area contributed by atoms with Gasteiger partial charge in [0.2, 0.25) is 0 Å². The Bertz CT molecular complexity index is 4600. The average Bonchev–Trinajstić information content (AvgIpc) is 1.58. The van der Waals surface area contributed by atoms with Gasteiger partial charge in [0.05, 0.1) is 12.1 Å². The van der Waals surface area contributed by atoms with Crippen LogP contribution in [0, 0.1) is 11.8 Å². The molecule has 0 fully saturated rings. The topological polar surface area (TPSA) is 17.4 Å². The second-order valence-corrected chi connectivity index (χ2v) is 26.5. The molecule has 10 aromatic carbocycles. The average molecular weight is 1180 g/mol. The van der Waals surface area contributed by atoms with E-state index in [0.29, 0.717) is 12.5 Å². The molecular formula is C88H80N2O. The molecule has 1 aromatic heterocycles. The van der Waals surface area contributed by atoms with Crippen molar-refractivity contribution >= 4 is 52.3 Å². The van der Waals surface area contributed by atoms with Crippen molar-refractivity contribution in [3.63, 3.8) is 0 Å². The number of benzene rings is 10. The number of hydrogen-bond acceptors (Lipinski definition) is 2. The van der Waals surface area contributed by atoms with Gasteiger partial charge in [0.1, 0.15) is 5.75 Å². The van der Waals surface area contributed by atoms with Gasteiger partial charge in [0.15, 0.2) is 0 Å². The van der Waals surface area contributed by atoms with Crippen LogP contribution in [0.1, 0.15) is 111 Å². The third-order valence-electron chi connectivity index (χ3n) is 19.8. The number of para-hydroxylation sites is 1. The molecule has 448 valence electrons. The smallest absolute Gasteiger partial charge is 0.119 e. The van der Waals surface area contributed by atoms with Gasteiger partial charge in [0, 0.05) is 61.9 Å². The lowest BCUT2D eigenvalue weighted by molar-refractivity contribution is 0.246. The van der Waals surface area contributed by atoms with Gasteiger partial charge in [-0.3, -0.25) is 0 Å². The maximum absolute atomic E-state index is 6.44. The van der Waals surface area contributed by atoms with Crippen LogP contribution in [-0.4, -0.2) is 11.2 Å². The number of allylic oxidation sites excluding steroid dienone is 4. The second-order valence-electron chi connectivity index (χ2n) is 26.5. The Morgan fingerprint density at radius 3 is 1.78 bits per heavy atom. The standard InChI is InChI=1S/C88H80N2O/c1-7-62-26-30-64(31-27-62)67-40-51-78(52-41-67)91-60-61(3)19-17-18-56-88(73-20-11-9-12-21-73)83-25-16-15-24-79(83)80-53-50-77(59-84(80)88)89(75-46-36-66(37-47-75)65-34-44-72(45-35-65)87(4,5)6)76-48-38-69(39-49-76)71-43-55-86-82(58-71)81-57-70(68-32-28-63(8-2)29-33-68)42-54-85(81)90(86)74-22-13-10-14-23-74/h7-16,20-41,43-55,57-59,61,70,79,83H,1-2,17-19,42,56,60H2,3-6H3. The normalized spacial score (nSPS) is 17.5. The minimum atomic E-state index is -0.243. The first-order chi connectivity index (χ1) is 44.5. The molecule has 5 unspecified atom stereocenters. The largest absolute Gasteiger partial charge is 0.493 e. The highest BCUT2D eigenvalue weighted by Gasteiger charge is 2.51. The summed E-state index contributed by atoms with van der Waals surface area (Å²) in [6.07, 6.45) is 23.6. The Morgan fingerprint density at radius 2 is 1.14 bits per heavy atom. The summed E-state index contributed by atoms with van der Waals surface area (Å²) in [4.78, 5) is 2.49. The van der Waals surface area contributed by atoms with Gasteiger partial charge >= 0.3 is 0 Å². The molecule has 5 atom stereocenters. The van der Waals surface area contributed by atoms with Gasteiger partial charge in [-0.05, 0) is 176 Å². The zero-order chi connectivity index (χ0) is 62.1. The Balaban J connectivity index is 0.800. The van der Waals surface area contributed by atoms with Gasteiger partial charge in [-0.15, -0.1) is 0 Å². The van der Waals surface area contributed by atoms with E-state index in [4.69, 9.17) is 4.74 Å². The van der Waals surface area contributed by atoms with E-state index < -0.39 is 0 Å². The van der Waals surface area contributed by atoms with Crippen molar-refractivity contribution in [2.24, 2.45) is 11.8 Å². The van der Waals surface area contributed by atoms with Gasteiger partial charge in [-0.25, -0.2) is 0 Å². The molecule has 11 aromatic rings. The van der Waals surface area contributed by atoms with Gasteiger partial charge in [-0.2, -0.15) is 0 Å². The van der Waals surface area contributed by atoms with Gasteiger partial charge in [0.25, 0.3) is 0 Å². The van der Waals surface area contributed by atoms with Gasteiger partial charge in [-0.1, -0.05) is 272 Å². The summed E-state index contributed by atoms with van der Waals surface area (Å²) < 4.78 is 8.89. The third kappa shape index (κ3) is 11.6. The van der Waals surface area contributed by atoms with Crippen LogP contribution in [-0.2, 0) is 10.8 Å². The quantitative estimate of drug-likeness (QED) is 0.0751. The lowest BCUT2D eigenvalue weighted by Crippen LogP contribution is -2.34. The number of aromatic nitrogens is 1. The van der Waals surface area contributed by atoms with E-state index in [9.17, 15) is 0 Å². The second kappa shape index (κ2) is 25.1. The summed E-state index contributed by atoms with van der Waals surface area (Å²) in [6, 6.07) is 90.4. The minimum absolute atomic E-state index is 0.0843. The van der Waals surface area contributed by atoms with E-state index >= 15 is 0 Å². The number of hydrogen-bond donors (Lipinski definition) is 0. The van der Waals surface area contributed by atoms with E-state index in [0.717, 1.165) is 66.0 Å². The van der Waals surface area contributed by atoms with Gasteiger partial charge < -0.3 is 14.2 Å². The predicted octanol–water partition coefficient (Wildman–Crippen LogP) is 21.8. The first-order valence-corrected chi connectivity index (χ1v) is 32.8. The van der Waals surface area contributed by atoms with E-state index in [1.807, 2.05) is 12.2 Å². The number of nitrogens with zero attached hydrogens (tertiary/aromatic N) is 2. The maximum atomic E-state index is 6.44. The van der Waals surface area contributed by atoms with Crippen molar-refractivity contribution in [1.82, 2.24) is 4.57 Å². The van der Waals surface area contributed by atoms with Crippen molar-refractivity contribution in [1.29, 1.82) is 0 Å². The molecule has 0 aliphatic heterocycles. The van der Waals surface area contributed by atoms with Crippen molar-refractivity contribution in [2.45, 2.75) is 82.5 Å². The first-order valence-electron chi connectivity index (χ1n) is 32.8. The number of anilines is 3. The SMILES string of the molecule is C=Cc1ccc(-c2ccc(OCC(C)CCCCC3(c4ccccc4)c4cc(N(c5ccc(-c6ccc(C(C)(C)C)cc6)cc5)c5ccc(-c6ccc7c(c6)c6c(n7-c7ccccc7)=CCC(c7ccc(C=C)cc7)C=6)cc5)ccc4C4C=CC=CC43)cc2)cc1. The van der Waals surface area contributed by atoms with E-state index in [1.54, 1.807) is 0 Å². The van der Waals surface area contributed by atoms with Crippen LogP contribution in [0.5, 0.6) is 5.75 Å². The highest BCUT2D eigenvalue weighted by molar-refractivity contribution is 5.90. The first kappa shape index (κ1) is 58.7. The van der Waals surface area contributed by atoms with Crippen molar-refractivity contribution in [3.8, 4) is 44.8 Å². The molecule has 0 amide bonds. The third-order valence-corrected chi connectivity index (χ3v) is 19.8. The Kier molecular flexibility index (Phi) is 16.2. The Hall–Kier alpha value is -9.96. The predicted molar refractivity (Wildman–Crippen MR) is 386 cm³/mol. The Morgan fingerprint density at radius 1 is 0.582 bits per heavy atom. The fraction of sp³-hybridized carbons (Fsp3) is 0.182. The summed E-state index contributed by atoms with van der Waals surface area (Å²) in [5.41, 5.74) is 21.9. The highest BCUT2D eigenvalue weighted by atomic mass is 16.5. The van der Waals surface area contributed by atoms with Crippen LogP contribution in [0.4, 0.5) is 17.1 Å². The highest BCUT2D eigenvalue weighted by Crippen LogP contribution is 2.60. The number of rotatable bonds is 19. The van der Waals surface area contributed by atoms with Crippen molar-refractivity contribution < 1.29 is 4.74 Å². The fourth-order valence-electron chi connectivity index (χ4n) is 14.8. The summed E-state index contributed by atoms with van der Waals surface area (Å²) in [5.74, 6) is 2.15. The molecule has 0 bridgehead atoms. The van der Waals surface area contributed by atoms with Crippen molar-refractivity contribution in [3.05, 3.63) is 330 Å². The molecule has 3 nitrogen and oxygen atoms in total. The minimum Gasteiger partial charge on any atom is -0.493 e. The Labute approximate surface area is 538 Å². The summed E-state index contributed by atoms with van der Waals surface area (Å²) >= 11 is 0. The summed E-state index contributed by atoms with van der Waals surface area (Å²) in [5, 5.41) is 3.81. The van der Waals surface area contributed by atoms with E-state index in [-0.39, 0.29) is 28.6 Å². The van der Waals surface area contributed by atoms with Crippen LogP contribution in [0.2, 0.25) is 0 Å². The molecule has 0 saturated heterocycles. The van der Waals surface area contributed by atoms with Crippen molar-refractivity contribution in [2.75, 3.05) is 11.5 Å². The number of ether oxygens (including phenoxy) is 1. The van der Waals surface area contributed by atoms with Crippen LogP contribution in [0.3, 0.4) is 0 Å². The monoisotopic (exact) mass is 1180 g/mol. The van der Waals surface area contributed by atoms with Crippen LogP contribution >= 0.6 is 0 Å². The molecule has 0 saturated carbocycles. The zero-order valence-electron chi connectivity index (χ0n) is 53.0. The number of fused-ring (bicyclic) bond motifs is 6. The molecule has 14 rings (SSSR count). The lowest BCUT2D eigenvalue weighted by atomic mass is 9.64. The van der Waals surface area contributed by atoms with Crippen LogP contribution < -0.4 is 20.2 Å². The van der Waals surface area contributed by atoms with E-state index in [1.165, 1.54) is 88.4 Å². The molecule has 1 heterocycles.